The van der Waals surface area contributed by atoms with Gasteiger partial charge in [-0.2, -0.15) is 0 Å². The minimum absolute atomic E-state index is 0.0845. The van der Waals surface area contributed by atoms with Gasteiger partial charge in [-0.15, -0.1) is 0 Å². The van der Waals surface area contributed by atoms with Crippen molar-refractivity contribution in [3.63, 3.8) is 0 Å². The van der Waals surface area contributed by atoms with Gasteiger partial charge in [-0.1, -0.05) is 11.6 Å². The SMILES string of the molecule is CC(C)OC(=O)c1cc(N)c(Cl)c(OC(C)C)n1. The Morgan fingerprint density at radius 3 is 2.44 bits per heavy atom. The summed E-state index contributed by atoms with van der Waals surface area (Å²) in [5.74, 6) is -0.413. The molecule has 5 nitrogen and oxygen atoms in total. The number of anilines is 1. The molecule has 1 aromatic rings. The lowest BCUT2D eigenvalue weighted by molar-refractivity contribution is 0.0369. The molecule has 0 aliphatic rings. The molecular formula is C12H17ClN2O3. The number of nitrogen functional groups attached to an aromatic ring is 1. The number of hydrogen-bond acceptors (Lipinski definition) is 5. The van der Waals surface area contributed by atoms with Crippen molar-refractivity contribution in [2.45, 2.75) is 39.9 Å². The maximum absolute atomic E-state index is 11.7. The Morgan fingerprint density at radius 1 is 1.33 bits per heavy atom. The predicted molar refractivity (Wildman–Crippen MR) is 70.0 cm³/mol. The highest BCUT2D eigenvalue weighted by molar-refractivity contribution is 6.34. The van der Waals surface area contributed by atoms with E-state index in [1.165, 1.54) is 6.07 Å². The average Bonchev–Trinajstić information content (AvgIpc) is 2.22. The zero-order valence-electron chi connectivity index (χ0n) is 10.9. The minimum atomic E-state index is -0.554. The Hall–Kier alpha value is -1.49. The van der Waals surface area contributed by atoms with E-state index in [4.69, 9.17) is 26.8 Å². The summed E-state index contributed by atoms with van der Waals surface area (Å²) in [7, 11) is 0. The molecule has 1 aromatic heterocycles. The summed E-state index contributed by atoms with van der Waals surface area (Å²) in [4.78, 5) is 15.7. The molecular weight excluding hydrogens is 256 g/mol. The van der Waals surface area contributed by atoms with Gasteiger partial charge in [0.25, 0.3) is 0 Å². The number of hydrogen-bond donors (Lipinski definition) is 1. The normalized spacial score (nSPS) is 10.8. The van der Waals surface area contributed by atoms with Crippen LogP contribution >= 0.6 is 11.6 Å². The predicted octanol–water partition coefficient (Wildman–Crippen LogP) is 2.67. The smallest absolute Gasteiger partial charge is 0.357 e. The lowest BCUT2D eigenvalue weighted by atomic mass is 10.3. The van der Waals surface area contributed by atoms with Gasteiger partial charge in [0.15, 0.2) is 5.69 Å². The molecule has 0 fully saturated rings. The van der Waals surface area contributed by atoms with Crippen LogP contribution in [0.2, 0.25) is 5.02 Å². The highest BCUT2D eigenvalue weighted by Gasteiger charge is 2.17. The zero-order valence-corrected chi connectivity index (χ0v) is 11.6. The molecule has 2 N–H and O–H groups in total. The van der Waals surface area contributed by atoms with Crippen LogP contribution in [0.1, 0.15) is 38.2 Å². The van der Waals surface area contributed by atoms with Crippen LogP contribution in [-0.2, 0) is 4.74 Å². The first-order valence-electron chi connectivity index (χ1n) is 5.65. The Morgan fingerprint density at radius 2 is 1.94 bits per heavy atom. The Labute approximate surface area is 111 Å². The number of ether oxygens (including phenoxy) is 2. The van der Waals surface area contributed by atoms with Gasteiger partial charge in [0.2, 0.25) is 5.88 Å². The third kappa shape index (κ3) is 3.77. The summed E-state index contributed by atoms with van der Waals surface area (Å²) in [5, 5.41) is 0.199. The number of aromatic nitrogens is 1. The van der Waals surface area contributed by atoms with E-state index in [2.05, 4.69) is 4.98 Å². The molecule has 0 aliphatic heterocycles. The minimum Gasteiger partial charge on any atom is -0.474 e. The summed E-state index contributed by atoms with van der Waals surface area (Å²) < 4.78 is 10.4. The Kier molecular flexibility index (Phi) is 4.78. The van der Waals surface area contributed by atoms with E-state index in [-0.39, 0.29) is 34.5 Å². The molecule has 0 amide bonds. The second kappa shape index (κ2) is 5.91. The fraction of sp³-hybridized carbons (Fsp3) is 0.500. The summed E-state index contributed by atoms with van der Waals surface area (Å²) in [6.45, 7) is 7.16. The number of esters is 1. The first-order chi connectivity index (χ1) is 8.31. The average molecular weight is 273 g/mol. The molecule has 0 bridgehead atoms. The van der Waals surface area contributed by atoms with Crippen LogP contribution in [0.4, 0.5) is 5.69 Å². The summed E-state index contributed by atoms with van der Waals surface area (Å²) >= 11 is 5.96. The molecule has 1 heterocycles. The second-order valence-electron chi connectivity index (χ2n) is 4.34. The van der Waals surface area contributed by atoms with Crippen LogP contribution in [-0.4, -0.2) is 23.2 Å². The Balaban J connectivity index is 3.07. The number of halogens is 1. The summed E-state index contributed by atoms with van der Waals surface area (Å²) in [6, 6.07) is 1.38. The van der Waals surface area contributed by atoms with Gasteiger partial charge >= 0.3 is 5.97 Å². The number of carbonyl (C=O) groups is 1. The van der Waals surface area contributed by atoms with Gasteiger partial charge in [-0.25, -0.2) is 9.78 Å². The van der Waals surface area contributed by atoms with Crippen LogP contribution in [0.25, 0.3) is 0 Å². The van der Waals surface area contributed by atoms with E-state index in [1.54, 1.807) is 13.8 Å². The lowest BCUT2D eigenvalue weighted by Crippen LogP contribution is -2.15. The molecule has 1 rings (SSSR count). The van der Waals surface area contributed by atoms with Gasteiger partial charge in [-0.05, 0) is 33.8 Å². The first-order valence-corrected chi connectivity index (χ1v) is 6.02. The van der Waals surface area contributed by atoms with Crippen LogP contribution in [0, 0.1) is 0 Å². The van der Waals surface area contributed by atoms with Crippen molar-refractivity contribution < 1.29 is 14.3 Å². The number of rotatable bonds is 4. The molecule has 0 spiro atoms. The summed E-state index contributed by atoms with van der Waals surface area (Å²) in [6.07, 6.45) is -0.351. The lowest BCUT2D eigenvalue weighted by Gasteiger charge is -2.13. The fourth-order valence-electron chi connectivity index (χ4n) is 1.21. The van der Waals surface area contributed by atoms with Crippen LogP contribution in [0.15, 0.2) is 6.07 Å². The highest BCUT2D eigenvalue weighted by atomic mass is 35.5. The van der Waals surface area contributed by atoms with Gasteiger partial charge in [-0.3, -0.25) is 0 Å². The maximum atomic E-state index is 11.7. The highest BCUT2D eigenvalue weighted by Crippen LogP contribution is 2.30. The van der Waals surface area contributed by atoms with Crippen molar-refractivity contribution in [1.29, 1.82) is 0 Å². The second-order valence-corrected chi connectivity index (χ2v) is 4.71. The van der Waals surface area contributed by atoms with Crippen molar-refractivity contribution >= 4 is 23.3 Å². The van der Waals surface area contributed by atoms with Gasteiger partial charge < -0.3 is 15.2 Å². The molecule has 0 atom stereocenters. The number of carbonyl (C=O) groups excluding carboxylic acids is 1. The van der Waals surface area contributed by atoms with Crippen LogP contribution < -0.4 is 10.5 Å². The van der Waals surface area contributed by atoms with E-state index in [0.717, 1.165) is 0 Å². The quantitative estimate of drug-likeness (QED) is 0.853. The van der Waals surface area contributed by atoms with Crippen LogP contribution in [0.3, 0.4) is 0 Å². The van der Waals surface area contributed by atoms with Gasteiger partial charge in [0, 0.05) is 0 Å². The third-order valence-electron chi connectivity index (χ3n) is 1.85. The van der Waals surface area contributed by atoms with E-state index >= 15 is 0 Å². The molecule has 100 valence electrons. The van der Waals surface area contributed by atoms with Crippen molar-refractivity contribution in [2.75, 3.05) is 5.73 Å². The molecule has 0 aromatic carbocycles. The topological polar surface area (TPSA) is 74.4 Å². The van der Waals surface area contributed by atoms with Crippen molar-refractivity contribution in [3.8, 4) is 5.88 Å². The molecule has 0 aliphatic carbocycles. The van der Waals surface area contributed by atoms with E-state index in [1.807, 2.05) is 13.8 Å². The Bertz CT molecular complexity index is 447. The van der Waals surface area contributed by atoms with E-state index in [9.17, 15) is 4.79 Å². The maximum Gasteiger partial charge on any atom is 0.357 e. The number of nitrogens with two attached hydrogens (primary N) is 1. The molecule has 0 saturated carbocycles. The standard InChI is InChI=1S/C12H17ClN2O3/c1-6(2)17-11-10(13)8(14)5-9(15-11)12(16)18-7(3)4/h5-7H,1-4H3,(H2,14,15). The molecule has 18 heavy (non-hydrogen) atoms. The van der Waals surface area contributed by atoms with E-state index in [0.29, 0.717) is 0 Å². The van der Waals surface area contributed by atoms with Crippen LogP contribution in [0.5, 0.6) is 5.88 Å². The molecule has 0 unspecified atom stereocenters. The van der Waals surface area contributed by atoms with E-state index < -0.39 is 5.97 Å². The van der Waals surface area contributed by atoms with Gasteiger partial charge in [0.1, 0.15) is 5.02 Å². The zero-order chi connectivity index (χ0) is 13.9. The largest absolute Gasteiger partial charge is 0.474 e. The molecule has 0 saturated heterocycles. The summed E-state index contributed by atoms with van der Waals surface area (Å²) in [5.41, 5.74) is 6.02. The molecule has 6 heteroatoms. The van der Waals surface area contributed by atoms with Crippen molar-refractivity contribution in [2.24, 2.45) is 0 Å². The monoisotopic (exact) mass is 272 g/mol. The third-order valence-corrected chi connectivity index (χ3v) is 2.23. The van der Waals surface area contributed by atoms with Crippen molar-refractivity contribution in [3.05, 3.63) is 16.8 Å². The molecule has 0 radical (unpaired) electrons. The number of pyridine rings is 1. The fourth-order valence-corrected chi connectivity index (χ4v) is 1.35. The number of nitrogens with zero attached hydrogens (tertiary/aromatic N) is 1. The van der Waals surface area contributed by atoms with Crippen molar-refractivity contribution in [1.82, 2.24) is 4.98 Å². The first kappa shape index (κ1) is 14.6. The van der Waals surface area contributed by atoms with Gasteiger partial charge in [0.05, 0.1) is 17.9 Å².